The van der Waals surface area contributed by atoms with Crippen LogP contribution in [0.2, 0.25) is 0 Å². The second kappa shape index (κ2) is 6.47. The van der Waals surface area contributed by atoms with Crippen LogP contribution < -0.4 is 10.6 Å². The molecule has 2 amide bonds. The van der Waals surface area contributed by atoms with E-state index in [0.717, 1.165) is 18.5 Å². The Morgan fingerprint density at radius 2 is 1.77 bits per heavy atom. The first-order valence-electron chi connectivity index (χ1n) is 7.53. The molecule has 1 aliphatic carbocycles. The number of carbonyl (C=O) groups excluding carboxylic acids is 2. The molecule has 0 unspecified atom stereocenters. The quantitative estimate of drug-likeness (QED) is 0.798. The average molecular weight is 297 g/mol. The van der Waals surface area contributed by atoms with Crippen molar-refractivity contribution < 1.29 is 9.59 Å². The number of nitrogens with one attached hydrogen (secondary N) is 2. The smallest absolute Gasteiger partial charge is 0.251 e. The highest BCUT2D eigenvalue weighted by Gasteiger charge is 2.28. The van der Waals surface area contributed by atoms with Crippen LogP contribution in [0.3, 0.4) is 0 Å². The third kappa shape index (κ3) is 3.55. The lowest BCUT2D eigenvalue weighted by molar-refractivity contribution is -0.122. The molecule has 2 N–H and O–H groups in total. The first kappa shape index (κ1) is 14.4. The Morgan fingerprint density at radius 1 is 1.05 bits per heavy atom. The van der Waals surface area contributed by atoms with E-state index >= 15 is 0 Å². The van der Waals surface area contributed by atoms with Crippen LogP contribution in [0.1, 0.15) is 23.2 Å². The predicted octanol–water partition coefficient (Wildman–Crippen LogP) is 1.73. The van der Waals surface area contributed by atoms with Crippen molar-refractivity contribution in [1.82, 2.24) is 15.2 Å². The second-order valence-corrected chi connectivity index (χ2v) is 5.46. The molecule has 1 aromatic carbocycles. The summed E-state index contributed by atoms with van der Waals surface area (Å²) >= 11 is 0. The lowest BCUT2D eigenvalue weighted by atomic mass is 10.2. The maximum absolute atomic E-state index is 12.1. The fraction of sp³-hybridized carbons (Fsp3) is 0.294. The van der Waals surface area contributed by atoms with Gasteiger partial charge in [-0.05, 0) is 43.2 Å². The molecule has 3 rings (SSSR count). The van der Waals surface area contributed by atoms with Gasteiger partial charge >= 0.3 is 0 Å². The highest BCUT2D eigenvalue weighted by molar-refractivity contribution is 5.94. The first-order valence-corrected chi connectivity index (χ1v) is 7.53. The van der Waals surface area contributed by atoms with Crippen LogP contribution in [-0.4, -0.2) is 29.5 Å². The zero-order valence-corrected chi connectivity index (χ0v) is 12.3. The maximum atomic E-state index is 12.1. The summed E-state index contributed by atoms with van der Waals surface area (Å²) < 4.78 is 1.95. The largest absolute Gasteiger partial charge is 0.354 e. The van der Waals surface area contributed by atoms with E-state index in [1.807, 2.05) is 47.3 Å². The van der Waals surface area contributed by atoms with Gasteiger partial charge in [0.2, 0.25) is 5.91 Å². The average Bonchev–Trinajstić information content (AvgIpc) is 3.26. The molecule has 2 aromatic rings. The molecule has 0 spiro atoms. The molecule has 0 aliphatic heterocycles. The van der Waals surface area contributed by atoms with Crippen molar-refractivity contribution in [1.29, 1.82) is 0 Å². The monoisotopic (exact) mass is 297 g/mol. The third-order valence-corrected chi connectivity index (χ3v) is 3.67. The molecule has 0 saturated heterocycles. The second-order valence-electron chi connectivity index (χ2n) is 5.46. The van der Waals surface area contributed by atoms with Gasteiger partial charge in [-0.2, -0.15) is 0 Å². The van der Waals surface area contributed by atoms with Crippen LogP contribution in [0.4, 0.5) is 0 Å². The summed E-state index contributed by atoms with van der Waals surface area (Å²) in [5, 5.41) is 5.65. The van der Waals surface area contributed by atoms with Gasteiger partial charge in [0.05, 0.1) is 0 Å². The van der Waals surface area contributed by atoms with E-state index in [4.69, 9.17) is 0 Å². The van der Waals surface area contributed by atoms with Crippen LogP contribution in [0.15, 0.2) is 48.8 Å². The molecule has 5 heteroatoms. The summed E-state index contributed by atoms with van der Waals surface area (Å²) in [7, 11) is 0. The van der Waals surface area contributed by atoms with E-state index in [0.29, 0.717) is 18.7 Å². The number of carbonyl (C=O) groups is 2. The van der Waals surface area contributed by atoms with Crippen molar-refractivity contribution in [3.05, 3.63) is 54.4 Å². The van der Waals surface area contributed by atoms with E-state index < -0.39 is 0 Å². The van der Waals surface area contributed by atoms with Crippen molar-refractivity contribution in [3.8, 4) is 5.69 Å². The summed E-state index contributed by atoms with van der Waals surface area (Å²) in [4.78, 5) is 23.6. The fourth-order valence-electron chi connectivity index (χ4n) is 2.27. The first-order chi connectivity index (χ1) is 10.7. The summed E-state index contributed by atoms with van der Waals surface area (Å²) in [6.07, 6.45) is 5.85. The molecule has 1 fully saturated rings. The summed E-state index contributed by atoms with van der Waals surface area (Å²) in [6, 6.07) is 11.3. The third-order valence-electron chi connectivity index (χ3n) is 3.67. The Balaban J connectivity index is 1.51. The molecule has 1 heterocycles. The van der Waals surface area contributed by atoms with Gasteiger partial charge in [0.1, 0.15) is 0 Å². The SMILES string of the molecule is O=C(NCCNC(=O)C1CC1)c1cccc(-n2cccc2)c1. The van der Waals surface area contributed by atoms with Crippen molar-refractivity contribution in [2.45, 2.75) is 12.8 Å². The molecule has 1 saturated carbocycles. The lowest BCUT2D eigenvalue weighted by Gasteiger charge is -2.08. The number of benzene rings is 1. The molecule has 0 bridgehead atoms. The molecule has 0 atom stereocenters. The number of hydrogen-bond donors (Lipinski definition) is 2. The number of hydrogen-bond acceptors (Lipinski definition) is 2. The molecular weight excluding hydrogens is 278 g/mol. The molecule has 114 valence electrons. The molecule has 22 heavy (non-hydrogen) atoms. The standard InChI is InChI=1S/C17H19N3O2/c21-16(13-6-7-13)18-8-9-19-17(22)14-4-3-5-15(12-14)20-10-1-2-11-20/h1-5,10-13H,6-9H2,(H,18,21)(H,19,22). The zero-order valence-electron chi connectivity index (χ0n) is 12.3. The fourth-order valence-corrected chi connectivity index (χ4v) is 2.27. The van der Waals surface area contributed by atoms with E-state index in [1.165, 1.54) is 0 Å². The van der Waals surface area contributed by atoms with E-state index in [-0.39, 0.29) is 17.7 Å². The van der Waals surface area contributed by atoms with Gasteiger partial charge in [0.15, 0.2) is 0 Å². The van der Waals surface area contributed by atoms with Gasteiger partial charge < -0.3 is 15.2 Å². The predicted molar refractivity (Wildman–Crippen MR) is 83.8 cm³/mol. The Kier molecular flexibility index (Phi) is 4.23. The van der Waals surface area contributed by atoms with Crippen LogP contribution in [0.25, 0.3) is 5.69 Å². The number of amides is 2. The summed E-state index contributed by atoms with van der Waals surface area (Å²) in [6.45, 7) is 0.906. The van der Waals surface area contributed by atoms with Crippen LogP contribution in [0, 0.1) is 5.92 Å². The van der Waals surface area contributed by atoms with Crippen molar-refractivity contribution in [3.63, 3.8) is 0 Å². The van der Waals surface area contributed by atoms with E-state index in [2.05, 4.69) is 10.6 Å². The van der Waals surface area contributed by atoms with Crippen molar-refractivity contribution >= 4 is 11.8 Å². The van der Waals surface area contributed by atoms with Gasteiger partial charge in [0, 0.05) is 42.7 Å². The summed E-state index contributed by atoms with van der Waals surface area (Å²) in [5.74, 6) is 0.174. The molecule has 1 aliphatic rings. The number of aromatic nitrogens is 1. The number of nitrogens with zero attached hydrogens (tertiary/aromatic N) is 1. The minimum absolute atomic E-state index is 0.101. The van der Waals surface area contributed by atoms with Gasteiger partial charge in [-0.3, -0.25) is 9.59 Å². The van der Waals surface area contributed by atoms with Crippen molar-refractivity contribution in [2.24, 2.45) is 5.92 Å². The van der Waals surface area contributed by atoms with Gasteiger partial charge in [-0.15, -0.1) is 0 Å². The minimum atomic E-state index is -0.130. The summed E-state index contributed by atoms with van der Waals surface area (Å²) in [5.41, 5.74) is 1.56. The van der Waals surface area contributed by atoms with Crippen LogP contribution >= 0.6 is 0 Å². The molecule has 0 radical (unpaired) electrons. The minimum Gasteiger partial charge on any atom is -0.354 e. The molecular formula is C17H19N3O2. The normalized spacial score (nSPS) is 13.6. The van der Waals surface area contributed by atoms with Crippen LogP contribution in [-0.2, 0) is 4.79 Å². The topological polar surface area (TPSA) is 63.1 Å². The van der Waals surface area contributed by atoms with Crippen LogP contribution in [0.5, 0.6) is 0 Å². The Morgan fingerprint density at radius 3 is 2.50 bits per heavy atom. The molecule has 1 aromatic heterocycles. The Labute approximate surface area is 129 Å². The highest BCUT2D eigenvalue weighted by atomic mass is 16.2. The van der Waals surface area contributed by atoms with E-state index in [9.17, 15) is 9.59 Å². The Bertz CT molecular complexity index is 660. The van der Waals surface area contributed by atoms with E-state index in [1.54, 1.807) is 6.07 Å². The zero-order chi connectivity index (χ0) is 15.4. The van der Waals surface area contributed by atoms with Gasteiger partial charge in [-0.1, -0.05) is 6.07 Å². The van der Waals surface area contributed by atoms with Gasteiger partial charge in [-0.25, -0.2) is 0 Å². The number of rotatable bonds is 6. The Hall–Kier alpha value is -2.56. The van der Waals surface area contributed by atoms with Gasteiger partial charge in [0.25, 0.3) is 5.91 Å². The lowest BCUT2D eigenvalue weighted by Crippen LogP contribution is -2.35. The highest BCUT2D eigenvalue weighted by Crippen LogP contribution is 2.28. The maximum Gasteiger partial charge on any atom is 0.251 e. The van der Waals surface area contributed by atoms with Crippen molar-refractivity contribution in [2.75, 3.05) is 13.1 Å². The molecule has 5 nitrogen and oxygen atoms in total.